The van der Waals surface area contributed by atoms with Crippen molar-refractivity contribution in [3.05, 3.63) is 18.1 Å². The second kappa shape index (κ2) is 9.93. The summed E-state index contributed by atoms with van der Waals surface area (Å²) in [6.45, 7) is 3.46. The number of ketones is 1. The van der Waals surface area contributed by atoms with Crippen LogP contribution in [0.25, 0.3) is 0 Å². The third-order valence-electron chi connectivity index (χ3n) is 5.91. The summed E-state index contributed by atoms with van der Waals surface area (Å²) in [6, 6.07) is -0.170. The van der Waals surface area contributed by atoms with Gasteiger partial charge >= 0.3 is 0 Å². The van der Waals surface area contributed by atoms with E-state index in [2.05, 4.69) is 20.7 Å². The van der Waals surface area contributed by atoms with Crippen molar-refractivity contribution in [2.75, 3.05) is 18.1 Å². The van der Waals surface area contributed by atoms with Gasteiger partial charge in [-0.1, -0.05) is 32.1 Å². The highest BCUT2D eigenvalue weighted by Crippen LogP contribution is 2.30. The van der Waals surface area contributed by atoms with E-state index in [9.17, 15) is 9.59 Å². The van der Waals surface area contributed by atoms with Crippen LogP contribution in [0.1, 0.15) is 68.6 Å². The Morgan fingerprint density at radius 1 is 1.25 bits per heavy atom. The summed E-state index contributed by atoms with van der Waals surface area (Å²) in [5.41, 5.74) is 9.33. The molecule has 0 bridgehead atoms. The second-order valence-electron chi connectivity index (χ2n) is 8.01. The molecule has 0 aromatic carbocycles. The van der Waals surface area contributed by atoms with E-state index >= 15 is 0 Å². The number of rotatable bonds is 8. The number of Topliss-reactive ketones (excluding diaryl/α,β-unsaturated/α-hetero) is 1. The van der Waals surface area contributed by atoms with Gasteiger partial charge in [-0.15, -0.1) is 0 Å². The number of nitrogens with one attached hydrogen (secondary N) is 2. The van der Waals surface area contributed by atoms with E-state index < -0.39 is 5.91 Å². The molecule has 2 aliphatic rings. The predicted octanol–water partition coefficient (Wildman–Crippen LogP) is 1.57. The molecule has 154 valence electrons. The Morgan fingerprint density at radius 3 is 2.61 bits per heavy atom. The lowest BCUT2D eigenvalue weighted by molar-refractivity contribution is -0.119. The molecule has 1 saturated heterocycles. The molecule has 1 saturated carbocycles. The monoisotopic (exact) mass is 388 g/mol. The maximum atomic E-state index is 12.7. The summed E-state index contributed by atoms with van der Waals surface area (Å²) < 4.78 is 0. The van der Waals surface area contributed by atoms with Gasteiger partial charge in [-0.25, -0.2) is 15.4 Å². The first kappa shape index (κ1) is 20.7. The van der Waals surface area contributed by atoms with Crippen LogP contribution in [-0.4, -0.2) is 46.8 Å². The van der Waals surface area contributed by atoms with Gasteiger partial charge in [0.15, 0.2) is 11.6 Å². The van der Waals surface area contributed by atoms with Gasteiger partial charge in [0, 0.05) is 12.2 Å². The maximum Gasteiger partial charge on any atom is 0.254 e. The minimum Gasteiger partial charge on any atom is -0.365 e. The molecule has 1 aliphatic carbocycles. The maximum absolute atomic E-state index is 12.7. The molecular formula is C20H32N6O2. The number of aromatic nitrogens is 2. The van der Waals surface area contributed by atoms with Gasteiger partial charge in [-0.05, 0) is 45.2 Å². The molecule has 2 heterocycles. The highest BCUT2D eigenvalue weighted by atomic mass is 16.1. The number of carbonyl (C=O) groups excluding carboxylic acids is 2. The van der Waals surface area contributed by atoms with Crippen LogP contribution in [0, 0.1) is 5.92 Å². The fourth-order valence-corrected chi connectivity index (χ4v) is 4.33. The number of nitrogens with zero attached hydrogens (tertiary/aromatic N) is 3. The lowest BCUT2D eigenvalue weighted by atomic mass is 9.84. The SMILES string of the molecule is CC(=O)[C@H](CC1CCCCC1)N(NC1CCNCC1)c1ncncc1C(N)=O. The standard InChI is InChI=1S/C20H32N6O2/c1-14(27)18(11-15-5-3-2-4-6-15)26(25-16-7-9-22-10-8-16)20-17(19(21)28)12-23-13-24-20/h12-13,15-16,18,22,25H,2-11H2,1H3,(H2,21,28)/t18-/m0/s1. The molecule has 28 heavy (non-hydrogen) atoms. The fourth-order valence-electron chi connectivity index (χ4n) is 4.33. The average molecular weight is 389 g/mol. The molecule has 3 rings (SSSR count). The van der Waals surface area contributed by atoms with Crippen LogP contribution < -0.4 is 21.5 Å². The van der Waals surface area contributed by atoms with Crippen molar-refractivity contribution in [3.63, 3.8) is 0 Å². The minimum absolute atomic E-state index is 0.0704. The van der Waals surface area contributed by atoms with Gasteiger partial charge in [0.2, 0.25) is 0 Å². The molecule has 0 radical (unpaired) electrons. The first-order chi connectivity index (χ1) is 13.6. The number of hydrogen-bond acceptors (Lipinski definition) is 7. The van der Waals surface area contributed by atoms with Gasteiger partial charge in [-0.2, -0.15) is 0 Å². The number of hydrogen-bond donors (Lipinski definition) is 3. The quantitative estimate of drug-likeness (QED) is 0.579. The summed E-state index contributed by atoms with van der Waals surface area (Å²) >= 11 is 0. The molecule has 4 N–H and O–H groups in total. The van der Waals surface area contributed by atoms with Crippen LogP contribution in [0.4, 0.5) is 5.82 Å². The van der Waals surface area contributed by atoms with E-state index in [4.69, 9.17) is 5.73 Å². The third-order valence-corrected chi connectivity index (χ3v) is 5.91. The topological polar surface area (TPSA) is 113 Å². The molecule has 1 aromatic heterocycles. The summed E-state index contributed by atoms with van der Waals surface area (Å²) in [6.07, 6.45) is 11.5. The average Bonchev–Trinajstić information content (AvgIpc) is 2.72. The Balaban J connectivity index is 1.90. The zero-order valence-corrected chi connectivity index (χ0v) is 16.7. The van der Waals surface area contributed by atoms with Gasteiger partial charge < -0.3 is 11.1 Å². The van der Waals surface area contributed by atoms with Crippen LogP contribution in [0.5, 0.6) is 0 Å². The van der Waals surface area contributed by atoms with Gasteiger partial charge in [0.1, 0.15) is 17.9 Å². The normalized spacial score (nSPS) is 19.9. The Kier molecular flexibility index (Phi) is 7.33. The fraction of sp³-hybridized carbons (Fsp3) is 0.700. The molecule has 8 nitrogen and oxygen atoms in total. The summed E-state index contributed by atoms with van der Waals surface area (Å²) in [4.78, 5) is 33.0. The largest absolute Gasteiger partial charge is 0.365 e. The Hall–Kier alpha value is -2.06. The molecule has 0 spiro atoms. The molecule has 1 aromatic rings. The summed E-state index contributed by atoms with van der Waals surface area (Å²) in [5.74, 6) is 0.393. The Labute approximate surface area is 166 Å². The Morgan fingerprint density at radius 2 is 1.96 bits per heavy atom. The first-order valence-corrected chi connectivity index (χ1v) is 10.4. The zero-order valence-electron chi connectivity index (χ0n) is 16.7. The van der Waals surface area contributed by atoms with Crippen LogP contribution >= 0.6 is 0 Å². The number of hydrazine groups is 1. The van der Waals surface area contributed by atoms with Crippen molar-refractivity contribution in [3.8, 4) is 0 Å². The van der Waals surface area contributed by atoms with Crippen molar-refractivity contribution in [1.82, 2.24) is 20.7 Å². The molecule has 2 fully saturated rings. The van der Waals surface area contributed by atoms with Gasteiger partial charge in [-0.3, -0.25) is 14.6 Å². The van der Waals surface area contributed by atoms with Crippen molar-refractivity contribution in [2.45, 2.75) is 70.4 Å². The van der Waals surface area contributed by atoms with E-state index in [0.29, 0.717) is 11.7 Å². The molecule has 8 heteroatoms. The van der Waals surface area contributed by atoms with Gasteiger partial charge in [0.25, 0.3) is 5.91 Å². The second-order valence-corrected chi connectivity index (χ2v) is 8.01. The molecule has 0 unspecified atom stereocenters. The molecule has 1 atom stereocenters. The number of primary amides is 1. The number of carbonyl (C=O) groups is 2. The van der Waals surface area contributed by atoms with E-state index in [1.54, 1.807) is 6.92 Å². The number of anilines is 1. The van der Waals surface area contributed by atoms with E-state index in [0.717, 1.165) is 45.2 Å². The highest BCUT2D eigenvalue weighted by molar-refractivity contribution is 5.98. The van der Waals surface area contributed by atoms with Crippen molar-refractivity contribution < 1.29 is 9.59 Å². The Bertz CT molecular complexity index is 670. The van der Waals surface area contributed by atoms with Crippen molar-refractivity contribution in [1.29, 1.82) is 0 Å². The lowest BCUT2D eigenvalue weighted by Crippen LogP contribution is -2.56. The van der Waals surface area contributed by atoms with Gasteiger partial charge in [0.05, 0.1) is 0 Å². The lowest BCUT2D eigenvalue weighted by Gasteiger charge is -2.38. The summed E-state index contributed by atoms with van der Waals surface area (Å²) in [7, 11) is 0. The van der Waals surface area contributed by atoms with Crippen LogP contribution in [0.15, 0.2) is 12.5 Å². The third kappa shape index (κ3) is 5.26. The van der Waals surface area contributed by atoms with Crippen LogP contribution in [-0.2, 0) is 4.79 Å². The highest BCUT2D eigenvalue weighted by Gasteiger charge is 2.32. The molecule has 1 aliphatic heterocycles. The molecule has 1 amide bonds. The zero-order chi connectivity index (χ0) is 19.9. The number of piperidine rings is 1. The van der Waals surface area contributed by atoms with E-state index in [-0.39, 0.29) is 23.4 Å². The first-order valence-electron chi connectivity index (χ1n) is 10.4. The van der Waals surface area contributed by atoms with Crippen molar-refractivity contribution >= 4 is 17.5 Å². The predicted molar refractivity (Wildman–Crippen MR) is 108 cm³/mol. The number of amides is 1. The van der Waals surface area contributed by atoms with Crippen LogP contribution in [0.3, 0.4) is 0 Å². The van der Waals surface area contributed by atoms with Crippen LogP contribution in [0.2, 0.25) is 0 Å². The number of nitrogens with two attached hydrogens (primary N) is 1. The van der Waals surface area contributed by atoms with Crippen molar-refractivity contribution in [2.24, 2.45) is 11.7 Å². The minimum atomic E-state index is -0.590. The smallest absolute Gasteiger partial charge is 0.254 e. The van der Waals surface area contributed by atoms with E-state index in [1.165, 1.54) is 31.8 Å². The summed E-state index contributed by atoms with van der Waals surface area (Å²) in [5, 5.41) is 5.16. The molecular weight excluding hydrogens is 356 g/mol. The van der Waals surface area contributed by atoms with E-state index in [1.807, 2.05) is 5.01 Å².